The van der Waals surface area contributed by atoms with Gasteiger partial charge >= 0.3 is 6.03 Å². The van der Waals surface area contributed by atoms with Crippen LogP contribution in [0.4, 0.5) is 10.5 Å². The van der Waals surface area contributed by atoms with Gasteiger partial charge in [0.15, 0.2) is 0 Å². The van der Waals surface area contributed by atoms with E-state index in [4.69, 9.17) is 0 Å². The van der Waals surface area contributed by atoms with Crippen molar-refractivity contribution in [3.05, 3.63) is 64.7 Å². The van der Waals surface area contributed by atoms with Crippen molar-refractivity contribution in [2.75, 3.05) is 11.9 Å². The molecule has 30 heavy (non-hydrogen) atoms. The van der Waals surface area contributed by atoms with E-state index in [1.165, 1.54) is 0 Å². The maximum absolute atomic E-state index is 13.1. The molecular formula is C24H29N3O3. The van der Waals surface area contributed by atoms with Crippen molar-refractivity contribution in [1.82, 2.24) is 10.2 Å². The summed E-state index contributed by atoms with van der Waals surface area (Å²) < 4.78 is 0. The van der Waals surface area contributed by atoms with Gasteiger partial charge in [0.1, 0.15) is 12.1 Å². The highest BCUT2D eigenvalue weighted by Crippen LogP contribution is 2.31. The molecule has 2 aromatic rings. The summed E-state index contributed by atoms with van der Waals surface area (Å²) in [5.74, 6) is -0.857. The molecule has 6 nitrogen and oxygen atoms in total. The molecule has 0 radical (unpaired) electrons. The van der Waals surface area contributed by atoms with E-state index < -0.39 is 23.4 Å². The molecule has 1 aliphatic heterocycles. The number of benzene rings is 2. The van der Waals surface area contributed by atoms with Gasteiger partial charge in [-0.1, -0.05) is 62.7 Å². The molecule has 1 saturated heterocycles. The molecule has 0 aliphatic carbocycles. The number of nitrogens with one attached hydrogen (secondary N) is 2. The summed E-state index contributed by atoms with van der Waals surface area (Å²) in [6.07, 6.45) is 0. The van der Waals surface area contributed by atoms with Gasteiger partial charge in [0.05, 0.1) is 0 Å². The number of aryl methyl sites for hydroxylation is 2. The van der Waals surface area contributed by atoms with E-state index in [1.54, 1.807) is 6.92 Å². The van der Waals surface area contributed by atoms with Crippen LogP contribution in [0.5, 0.6) is 0 Å². The van der Waals surface area contributed by atoms with Crippen LogP contribution in [0.3, 0.4) is 0 Å². The molecule has 1 fully saturated rings. The summed E-state index contributed by atoms with van der Waals surface area (Å²) in [7, 11) is 0. The van der Waals surface area contributed by atoms with Crippen LogP contribution in [0, 0.1) is 13.8 Å². The Hall–Kier alpha value is -3.15. The average molecular weight is 408 g/mol. The van der Waals surface area contributed by atoms with Gasteiger partial charge in [-0.15, -0.1) is 0 Å². The Bertz CT molecular complexity index is 1010. The maximum Gasteiger partial charge on any atom is 0.325 e. The second kappa shape index (κ2) is 7.59. The lowest BCUT2D eigenvalue weighted by Crippen LogP contribution is -2.42. The summed E-state index contributed by atoms with van der Waals surface area (Å²) in [5, 5.41) is 5.53. The van der Waals surface area contributed by atoms with Gasteiger partial charge in [-0.05, 0) is 48.9 Å². The zero-order chi connectivity index (χ0) is 22.3. The highest BCUT2D eigenvalue weighted by molar-refractivity contribution is 6.10. The number of rotatable bonds is 4. The molecular weight excluding hydrogens is 378 g/mol. The third kappa shape index (κ3) is 4.08. The van der Waals surface area contributed by atoms with Crippen LogP contribution < -0.4 is 10.6 Å². The molecule has 158 valence electrons. The minimum absolute atomic E-state index is 0.0133. The first-order valence-electron chi connectivity index (χ1n) is 10.0. The number of carbonyl (C=O) groups excluding carboxylic acids is 3. The molecule has 6 heteroatoms. The van der Waals surface area contributed by atoms with Gasteiger partial charge in [-0.3, -0.25) is 14.5 Å². The largest absolute Gasteiger partial charge is 0.325 e. The van der Waals surface area contributed by atoms with Gasteiger partial charge in [-0.25, -0.2) is 4.79 Å². The summed E-state index contributed by atoms with van der Waals surface area (Å²) in [4.78, 5) is 39.1. The molecule has 0 bridgehead atoms. The monoisotopic (exact) mass is 407 g/mol. The lowest BCUT2D eigenvalue weighted by atomic mass is 9.84. The first-order chi connectivity index (χ1) is 13.9. The minimum atomic E-state index is -1.20. The fourth-order valence-corrected chi connectivity index (χ4v) is 3.63. The Morgan fingerprint density at radius 3 is 2.27 bits per heavy atom. The van der Waals surface area contributed by atoms with Crippen molar-refractivity contribution in [2.24, 2.45) is 0 Å². The molecule has 2 aromatic carbocycles. The van der Waals surface area contributed by atoms with E-state index in [0.29, 0.717) is 11.3 Å². The van der Waals surface area contributed by atoms with Crippen molar-refractivity contribution in [2.45, 2.75) is 52.5 Å². The summed E-state index contributed by atoms with van der Waals surface area (Å²) in [6, 6.07) is 12.8. The molecule has 0 spiro atoms. The van der Waals surface area contributed by atoms with Crippen molar-refractivity contribution in [1.29, 1.82) is 0 Å². The number of imide groups is 1. The molecule has 1 heterocycles. The first kappa shape index (κ1) is 21.6. The Balaban J connectivity index is 1.76. The Morgan fingerprint density at radius 1 is 1.07 bits per heavy atom. The highest BCUT2D eigenvalue weighted by Gasteiger charge is 2.49. The van der Waals surface area contributed by atoms with Crippen LogP contribution in [0.25, 0.3) is 0 Å². The van der Waals surface area contributed by atoms with E-state index in [1.807, 2.05) is 56.3 Å². The predicted octanol–water partition coefficient (Wildman–Crippen LogP) is 4.01. The van der Waals surface area contributed by atoms with Crippen molar-refractivity contribution >= 4 is 23.5 Å². The molecule has 0 aromatic heterocycles. The van der Waals surface area contributed by atoms with Crippen molar-refractivity contribution in [3.63, 3.8) is 0 Å². The van der Waals surface area contributed by atoms with Crippen LogP contribution in [-0.2, 0) is 20.5 Å². The van der Waals surface area contributed by atoms with Gasteiger partial charge < -0.3 is 10.6 Å². The van der Waals surface area contributed by atoms with Crippen molar-refractivity contribution < 1.29 is 14.4 Å². The number of hydrogen-bond acceptors (Lipinski definition) is 3. The zero-order valence-electron chi connectivity index (χ0n) is 18.4. The molecule has 1 unspecified atom stereocenters. The molecule has 1 aliphatic rings. The summed E-state index contributed by atoms with van der Waals surface area (Å²) in [6.45, 7) is 11.5. The van der Waals surface area contributed by atoms with Gasteiger partial charge in [-0.2, -0.15) is 0 Å². The SMILES string of the molecule is Cc1ccc(NC(=O)CN2C(=O)NC(C)(c3ccc(C(C)(C)C)cc3)C2=O)c(C)c1. The van der Waals surface area contributed by atoms with Crippen molar-refractivity contribution in [3.8, 4) is 0 Å². The fraction of sp³-hybridized carbons (Fsp3) is 0.375. The third-order valence-corrected chi connectivity index (χ3v) is 5.56. The van der Waals surface area contributed by atoms with Gasteiger partial charge in [0.25, 0.3) is 5.91 Å². The number of carbonyl (C=O) groups is 3. The number of hydrogen-bond donors (Lipinski definition) is 2. The molecule has 0 saturated carbocycles. The predicted molar refractivity (Wildman–Crippen MR) is 117 cm³/mol. The first-order valence-corrected chi connectivity index (χ1v) is 10.0. The second-order valence-corrected chi connectivity index (χ2v) is 9.14. The van der Waals surface area contributed by atoms with Crippen LogP contribution in [-0.4, -0.2) is 29.3 Å². The number of urea groups is 1. The number of nitrogens with zero attached hydrogens (tertiary/aromatic N) is 1. The van der Waals surface area contributed by atoms with E-state index in [2.05, 4.69) is 31.4 Å². The molecule has 2 N–H and O–H groups in total. The van der Waals surface area contributed by atoms with E-state index in [9.17, 15) is 14.4 Å². The molecule has 1 atom stereocenters. The lowest BCUT2D eigenvalue weighted by Gasteiger charge is -2.24. The zero-order valence-corrected chi connectivity index (χ0v) is 18.4. The van der Waals surface area contributed by atoms with E-state index in [-0.39, 0.29) is 12.0 Å². The number of anilines is 1. The normalized spacial score (nSPS) is 19.1. The van der Waals surface area contributed by atoms with Crippen LogP contribution in [0.15, 0.2) is 42.5 Å². The van der Waals surface area contributed by atoms with Crippen LogP contribution in [0.1, 0.15) is 49.9 Å². The van der Waals surface area contributed by atoms with E-state index in [0.717, 1.165) is 21.6 Å². The van der Waals surface area contributed by atoms with E-state index >= 15 is 0 Å². The summed E-state index contributed by atoms with van der Waals surface area (Å²) in [5.41, 5.74) is 3.28. The molecule has 4 amide bonds. The Morgan fingerprint density at radius 2 is 1.70 bits per heavy atom. The summed E-state index contributed by atoms with van der Waals surface area (Å²) >= 11 is 0. The average Bonchev–Trinajstić information content (AvgIpc) is 2.87. The van der Waals surface area contributed by atoms with Crippen LogP contribution >= 0.6 is 0 Å². The topological polar surface area (TPSA) is 78.5 Å². The van der Waals surface area contributed by atoms with Gasteiger partial charge in [0.2, 0.25) is 5.91 Å². The fourth-order valence-electron chi connectivity index (χ4n) is 3.63. The minimum Gasteiger partial charge on any atom is -0.324 e. The molecule has 3 rings (SSSR count). The Kier molecular flexibility index (Phi) is 5.46. The standard InChI is InChI=1S/C24H29N3O3/c1-15-7-12-19(16(2)13-15)25-20(28)14-27-21(29)24(6,26-22(27)30)18-10-8-17(9-11-18)23(3,4)5/h7-13H,14H2,1-6H3,(H,25,28)(H,26,30). The maximum atomic E-state index is 13.1. The number of amides is 4. The highest BCUT2D eigenvalue weighted by atomic mass is 16.2. The lowest BCUT2D eigenvalue weighted by molar-refractivity contribution is -0.133. The Labute approximate surface area is 177 Å². The smallest absolute Gasteiger partial charge is 0.324 e. The van der Waals surface area contributed by atoms with Gasteiger partial charge in [0, 0.05) is 5.69 Å². The second-order valence-electron chi connectivity index (χ2n) is 9.14. The quantitative estimate of drug-likeness (QED) is 0.752. The van der Waals surface area contributed by atoms with Crippen LogP contribution in [0.2, 0.25) is 0 Å². The third-order valence-electron chi connectivity index (χ3n) is 5.56.